The Balaban J connectivity index is 2.88. The number of nitriles is 1. The van der Waals surface area contributed by atoms with Crippen LogP contribution in [0.4, 0.5) is 0 Å². The Bertz CT molecular complexity index is 442. The molecule has 0 aliphatic rings. The Labute approximate surface area is 120 Å². The average Bonchev–Trinajstić information content (AvgIpc) is 2.44. The van der Waals surface area contributed by atoms with Crippen molar-refractivity contribution in [2.45, 2.75) is 25.9 Å². The second kappa shape index (κ2) is 8.08. The number of hydrogen-bond acceptors (Lipinski definition) is 4. The molecule has 0 radical (unpaired) electrons. The molecule has 0 spiro atoms. The molecule has 0 aliphatic carbocycles. The third-order valence-corrected chi connectivity index (χ3v) is 4.00. The van der Waals surface area contributed by atoms with Crippen LogP contribution in [0.2, 0.25) is 0 Å². The van der Waals surface area contributed by atoms with E-state index < -0.39 is 0 Å². The van der Waals surface area contributed by atoms with Gasteiger partial charge in [-0.05, 0) is 37.9 Å². The lowest BCUT2D eigenvalue weighted by Gasteiger charge is -2.27. The summed E-state index contributed by atoms with van der Waals surface area (Å²) in [5, 5.41) is 8.99. The molecule has 1 rings (SSSR count). The predicted molar refractivity (Wildman–Crippen MR) is 81.6 cm³/mol. The molecule has 0 saturated carbocycles. The first-order chi connectivity index (χ1) is 9.15. The van der Waals surface area contributed by atoms with E-state index in [4.69, 9.17) is 10.00 Å². The monoisotopic (exact) mass is 278 g/mol. The zero-order valence-electron chi connectivity index (χ0n) is 12.1. The van der Waals surface area contributed by atoms with Gasteiger partial charge < -0.3 is 4.74 Å². The summed E-state index contributed by atoms with van der Waals surface area (Å²) in [6.45, 7) is 3.01. The van der Waals surface area contributed by atoms with Crippen LogP contribution in [0.3, 0.4) is 0 Å². The van der Waals surface area contributed by atoms with E-state index in [-0.39, 0.29) is 0 Å². The molecule has 3 nitrogen and oxygen atoms in total. The molecule has 0 heterocycles. The van der Waals surface area contributed by atoms with Gasteiger partial charge in [-0.25, -0.2) is 0 Å². The van der Waals surface area contributed by atoms with Gasteiger partial charge in [0, 0.05) is 23.9 Å². The molecule has 0 fully saturated rings. The van der Waals surface area contributed by atoms with Crippen LogP contribution in [0.5, 0.6) is 5.75 Å². The van der Waals surface area contributed by atoms with Crippen molar-refractivity contribution in [2.75, 3.05) is 26.2 Å². The van der Waals surface area contributed by atoms with Crippen LogP contribution in [0.1, 0.15) is 24.5 Å². The van der Waals surface area contributed by atoms with Crippen molar-refractivity contribution in [1.29, 1.82) is 5.26 Å². The highest BCUT2D eigenvalue weighted by Crippen LogP contribution is 2.22. The van der Waals surface area contributed by atoms with E-state index in [0.29, 0.717) is 11.6 Å². The number of hydrogen-bond donors (Lipinski definition) is 0. The van der Waals surface area contributed by atoms with Gasteiger partial charge in [-0.2, -0.15) is 17.0 Å². The van der Waals surface area contributed by atoms with Crippen LogP contribution in [0.25, 0.3) is 0 Å². The number of methoxy groups -OCH3 is 1. The largest absolute Gasteiger partial charge is 0.496 e. The third kappa shape index (κ3) is 4.45. The van der Waals surface area contributed by atoms with E-state index in [1.807, 2.05) is 23.9 Å². The van der Waals surface area contributed by atoms with E-state index in [0.717, 1.165) is 30.0 Å². The van der Waals surface area contributed by atoms with Crippen LogP contribution in [0.15, 0.2) is 18.2 Å². The Hall–Kier alpha value is -1.18. The molecule has 0 saturated heterocycles. The van der Waals surface area contributed by atoms with Crippen LogP contribution in [-0.4, -0.2) is 37.1 Å². The van der Waals surface area contributed by atoms with Gasteiger partial charge in [0.05, 0.1) is 18.7 Å². The van der Waals surface area contributed by atoms with Crippen molar-refractivity contribution < 1.29 is 4.74 Å². The highest BCUT2D eigenvalue weighted by molar-refractivity contribution is 7.98. The summed E-state index contributed by atoms with van der Waals surface area (Å²) in [7, 11) is 3.80. The predicted octanol–water partition coefficient (Wildman–Crippen LogP) is 3.14. The molecule has 0 aliphatic heterocycles. The summed E-state index contributed by atoms with van der Waals surface area (Å²) in [6, 6.07) is 8.31. The topological polar surface area (TPSA) is 36.3 Å². The first-order valence-electron chi connectivity index (χ1n) is 6.42. The van der Waals surface area contributed by atoms with Crippen molar-refractivity contribution in [3.05, 3.63) is 29.3 Å². The van der Waals surface area contributed by atoms with E-state index in [1.165, 1.54) is 0 Å². The van der Waals surface area contributed by atoms with Crippen molar-refractivity contribution in [3.8, 4) is 11.8 Å². The fraction of sp³-hybridized carbons (Fsp3) is 0.533. The molecule has 104 valence electrons. The fourth-order valence-corrected chi connectivity index (χ4v) is 2.99. The van der Waals surface area contributed by atoms with Gasteiger partial charge in [0.25, 0.3) is 0 Å². The van der Waals surface area contributed by atoms with Crippen molar-refractivity contribution in [2.24, 2.45) is 0 Å². The quantitative estimate of drug-likeness (QED) is 0.767. The van der Waals surface area contributed by atoms with Gasteiger partial charge in [-0.1, -0.05) is 6.92 Å². The number of nitrogens with zero attached hydrogens (tertiary/aromatic N) is 2. The number of thioether (sulfide) groups is 1. The third-order valence-electron chi connectivity index (χ3n) is 3.28. The maximum Gasteiger partial charge on any atom is 0.123 e. The van der Waals surface area contributed by atoms with E-state index in [2.05, 4.69) is 31.2 Å². The van der Waals surface area contributed by atoms with E-state index >= 15 is 0 Å². The SMILES string of the molecule is CCC(CSC)N(C)Cc1cc(C#N)ccc1OC. The lowest BCUT2D eigenvalue weighted by atomic mass is 10.1. The number of ether oxygens (including phenoxy) is 1. The first kappa shape index (κ1) is 15.9. The first-order valence-corrected chi connectivity index (χ1v) is 7.81. The normalized spacial score (nSPS) is 12.2. The maximum absolute atomic E-state index is 8.99. The Morgan fingerprint density at radius 3 is 2.74 bits per heavy atom. The highest BCUT2D eigenvalue weighted by Gasteiger charge is 2.14. The zero-order valence-corrected chi connectivity index (χ0v) is 13.0. The highest BCUT2D eigenvalue weighted by atomic mass is 32.2. The van der Waals surface area contributed by atoms with Gasteiger partial charge >= 0.3 is 0 Å². The molecular formula is C15H22N2OS. The van der Waals surface area contributed by atoms with E-state index in [9.17, 15) is 0 Å². The van der Waals surface area contributed by atoms with Crippen molar-refractivity contribution in [1.82, 2.24) is 4.90 Å². The second-order valence-electron chi connectivity index (χ2n) is 4.57. The minimum absolute atomic E-state index is 0.547. The number of benzene rings is 1. The molecule has 0 bridgehead atoms. The van der Waals surface area contributed by atoms with Gasteiger partial charge in [0.15, 0.2) is 0 Å². The van der Waals surface area contributed by atoms with Crippen LogP contribution < -0.4 is 4.74 Å². The average molecular weight is 278 g/mol. The summed E-state index contributed by atoms with van der Waals surface area (Å²) in [4.78, 5) is 2.33. The molecule has 0 amide bonds. The Kier molecular flexibility index (Phi) is 6.75. The van der Waals surface area contributed by atoms with E-state index in [1.54, 1.807) is 13.2 Å². The van der Waals surface area contributed by atoms with Gasteiger partial charge in [-0.15, -0.1) is 0 Å². The molecule has 4 heteroatoms. The summed E-state index contributed by atoms with van der Waals surface area (Å²) in [5.41, 5.74) is 1.76. The fourth-order valence-electron chi connectivity index (χ4n) is 2.12. The molecule has 19 heavy (non-hydrogen) atoms. The molecular weight excluding hydrogens is 256 g/mol. The minimum Gasteiger partial charge on any atom is -0.496 e. The molecule has 0 aromatic heterocycles. The minimum atomic E-state index is 0.547. The molecule has 1 unspecified atom stereocenters. The summed E-state index contributed by atoms with van der Waals surface area (Å²) < 4.78 is 5.38. The maximum atomic E-state index is 8.99. The van der Waals surface area contributed by atoms with Gasteiger partial charge in [0.1, 0.15) is 5.75 Å². The lowest BCUT2D eigenvalue weighted by molar-refractivity contribution is 0.244. The Morgan fingerprint density at radius 2 is 2.21 bits per heavy atom. The summed E-state index contributed by atoms with van der Waals surface area (Å²) in [6.07, 6.45) is 3.25. The molecule has 1 aromatic rings. The standard InChI is InChI=1S/C15H22N2OS/c1-5-14(11-19-4)17(2)10-13-8-12(9-16)6-7-15(13)18-3/h6-8,14H,5,10-11H2,1-4H3. The smallest absolute Gasteiger partial charge is 0.123 e. The van der Waals surface area contributed by atoms with Crippen molar-refractivity contribution in [3.63, 3.8) is 0 Å². The Morgan fingerprint density at radius 1 is 1.47 bits per heavy atom. The van der Waals surface area contributed by atoms with Crippen molar-refractivity contribution >= 4 is 11.8 Å². The van der Waals surface area contributed by atoms with Gasteiger partial charge in [-0.3, -0.25) is 4.90 Å². The summed E-state index contributed by atoms with van der Waals surface area (Å²) >= 11 is 1.87. The van der Waals surface area contributed by atoms with Crippen LogP contribution in [-0.2, 0) is 6.54 Å². The van der Waals surface area contributed by atoms with Gasteiger partial charge in [0.2, 0.25) is 0 Å². The molecule has 1 atom stereocenters. The molecule has 0 N–H and O–H groups in total. The zero-order chi connectivity index (χ0) is 14.3. The lowest BCUT2D eigenvalue weighted by Crippen LogP contribution is -2.32. The summed E-state index contributed by atoms with van der Waals surface area (Å²) in [5.74, 6) is 1.97. The van der Waals surface area contributed by atoms with Crippen LogP contribution >= 0.6 is 11.8 Å². The molecule has 1 aromatic carbocycles. The number of rotatable bonds is 7. The second-order valence-corrected chi connectivity index (χ2v) is 5.48. The van der Waals surface area contributed by atoms with Crippen LogP contribution in [0, 0.1) is 11.3 Å².